The van der Waals surface area contributed by atoms with Gasteiger partial charge < -0.3 is 4.74 Å². The summed E-state index contributed by atoms with van der Waals surface area (Å²) in [5.74, 6) is -1.93. The van der Waals surface area contributed by atoms with E-state index in [1.54, 1.807) is 0 Å². The van der Waals surface area contributed by atoms with Crippen LogP contribution in [0.1, 0.15) is 5.56 Å². The summed E-state index contributed by atoms with van der Waals surface area (Å²) in [5, 5.41) is 10.0. The number of fused-ring (bicyclic) bond motifs is 1. The molecule has 0 saturated carbocycles. The molecule has 1 fully saturated rings. The van der Waals surface area contributed by atoms with Crippen molar-refractivity contribution in [3.63, 3.8) is 0 Å². The summed E-state index contributed by atoms with van der Waals surface area (Å²) < 4.78 is 5.11. The van der Waals surface area contributed by atoms with Gasteiger partial charge in [0.25, 0.3) is 17.4 Å². The van der Waals surface area contributed by atoms with Gasteiger partial charge in [-0.3, -0.25) is 24.6 Å². The van der Waals surface area contributed by atoms with Gasteiger partial charge in [0.15, 0.2) is 5.37 Å². The van der Waals surface area contributed by atoms with E-state index in [9.17, 15) is 24.5 Å². The van der Waals surface area contributed by atoms with E-state index in [2.05, 4.69) is 0 Å². The number of carbonyl (C=O) groups excluding carboxylic acids is 3. The third kappa shape index (κ3) is 2.76. The van der Waals surface area contributed by atoms with Crippen molar-refractivity contribution in [2.75, 3.05) is 5.75 Å². The summed E-state index contributed by atoms with van der Waals surface area (Å²) in [7, 11) is 0. The standard InChI is InChI=1S/C14H9ClN2O6S/c15-9-6-24-13-11(18)12(19)16(13)10(9)14(20)23-5-7-1-3-8(4-2-7)17(21)22/h1-4,13H,5-6H2. The molecule has 1 saturated heterocycles. The number of nitrogens with zero attached hydrogens (tertiary/aromatic N) is 2. The number of non-ortho nitro benzene ring substituents is 1. The molecular weight excluding hydrogens is 360 g/mol. The van der Waals surface area contributed by atoms with Crippen molar-refractivity contribution in [2.45, 2.75) is 12.0 Å². The normalized spacial score (nSPS) is 19.7. The van der Waals surface area contributed by atoms with Crippen LogP contribution in [0.5, 0.6) is 0 Å². The fourth-order valence-corrected chi connectivity index (χ4v) is 3.64. The average Bonchev–Trinajstić information content (AvgIpc) is 2.59. The van der Waals surface area contributed by atoms with Crippen LogP contribution in [0.15, 0.2) is 35.0 Å². The Labute approximate surface area is 144 Å². The number of hydrogen-bond donors (Lipinski definition) is 0. The van der Waals surface area contributed by atoms with Crippen LogP contribution in [0.4, 0.5) is 5.69 Å². The van der Waals surface area contributed by atoms with Gasteiger partial charge in [0, 0.05) is 17.9 Å². The Hall–Kier alpha value is -2.39. The zero-order valence-corrected chi connectivity index (χ0v) is 13.5. The van der Waals surface area contributed by atoms with Gasteiger partial charge in [-0.15, -0.1) is 11.8 Å². The number of β-lactam (4-membered cyclic amide) rings is 1. The number of ether oxygens (including phenoxy) is 1. The lowest BCUT2D eigenvalue weighted by molar-refractivity contribution is -0.384. The molecule has 2 aliphatic rings. The molecule has 0 radical (unpaired) electrons. The number of thioether (sulfide) groups is 1. The van der Waals surface area contributed by atoms with E-state index in [4.69, 9.17) is 16.3 Å². The first-order valence-corrected chi connectivity index (χ1v) is 8.11. The molecule has 124 valence electrons. The molecule has 8 nitrogen and oxygen atoms in total. The van der Waals surface area contributed by atoms with E-state index in [1.165, 1.54) is 36.0 Å². The van der Waals surface area contributed by atoms with Crippen LogP contribution >= 0.6 is 23.4 Å². The maximum atomic E-state index is 12.2. The molecule has 1 unspecified atom stereocenters. The zero-order valence-electron chi connectivity index (χ0n) is 11.9. The van der Waals surface area contributed by atoms with E-state index in [0.29, 0.717) is 5.56 Å². The summed E-state index contributed by atoms with van der Waals surface area (Å²) in [5.41, 5.74) is 0.345. The van der Waals surface area contributed by atoms with Crippen LogP contribution in [0.3, 0.4) is 0 Å². The van der Waals surface area contributed by atoms with Crippen molar-refractivity contribution in [2.24, 2.45) is 0 Å². The van der Waals surface area contributed by atoms with Crippen LogP contribution < -0.4 is 0 Å². The summed E-state index contributed by atoms with van der Waals surface area (Å²) in [6.07, 6.45) is 0. The quantitative estimate of drug-likeness (QED) is 0.261. The third-order valence-corrected chi connectivity index (χ3v) is 5.13. The van der Waals surface area contributed by atoms with E-state index in [-0.39, 0.29) is 28.8 Å². The highest BCUT2D eigenvalue weighted by Gasteiger charge is 2.53. The van der Waals surface area contributed by atoms with Gasteiger partial charge >= 0.3 is 5.97 Å². The lowest BCUT2D eigenvalue weighted by Gasteiger charge is -2.41. The third-order valence-electron chi connectivity index (χ3n) is 3.46. The van der Waals surface area contributed by atoms with Crippen molar-refractivity contribution in [3.8, 4) is 0 Å². The molecule has 0 bridgehead atoms. The number of amides is 1. The zero-order chi connectivity index (χ0) is 17.4. The number of esters is 1. The molecule has 0 aliphatic carbocycles. The van der Waals surface area contributed by atoms with E-state index in [0.717, 1.165) is 4.90 Å². The fourth-order valence-electron chi connectivity index (χ4n) is 2.24. The number of Topliss-reactive ketones (excluding diaryl/α,β-unsaturated/α-hetero) is 1. The molecule has 3 rings (SSSR count). The molecule has 0 N–H and O–H groups in total. The predicted molar refractivity (Wildman–Crippen MR) is 83.9 cm³/mol. The van der Waals surface area contributed by atoms with Gasteiger partial charge in [0.1, 0.15) is 12.3 Å². The summed E-state index contributed by atoms with van der Waals surface area (Å²) in [6.45, 7) is -0.141. The molecule has 0 spiro atoms. The summed E-state index contributed by atoms with van der Waals surface area (Å²) in [6, 6.07) is 5.50. The molecule has 10 heteroatoms. The number of rotatable bonds is 4. The van der Waals surface area contributed by atoms with Crippen LogP contribution in [-0.2, 0) is 25.7 Å². The number of carbonyl (C=O) groups is 3. The molecule has 1 aromatic rings. The van der Waals surface area contributed by atoms with Crippen LogP contribution in [0.2, 0.25) is 0 Å². The minimum Gasteiger partial charge on any atom is -0.456 e. The molecular formula is C14H9ClN2O6S. The lowest BCUT2D eigenvalue weighted by Crippen LogP contribution is -2.62. The highest BCUT2D eigenvalue weighted by Crippen LogP contribution is 2.39. The first kappa shape index (κ1) is 16.5. The lowest BCUT2D eigenvalue weighted by atomic mass is 10.1. The number of halogens is 1. The Balaban J connectivity index is 1.69. The Morgan fingerprint density at radius 3 is 2.67 bits per heavy atom. The van der Waals surface area contributed by atoms with Crippen molar-refractivity contribution >= 4 is 46.7 Å². The number of ketones is 1. The maximum Gasteiger partial charge on any atom is 0.356 e. The number of hydrogen-bond acceptors (Lipinski definition) is 7. The Morgan fingerprint density at radius 2 is 2.04 bits per heavy atom. The first-order valence-electron chi connectivity index (χ1n) is 6.68. The molecule has 24 heavy (non-hydrogen) atoms. The first-order chi connectivity index (χ1) is 11.4. The minimum atomic E-state index is -0.815. The monoisotopic (exact) mass is 368 g/mol. The fraction of sp³-hybridized carbons (Fsp3) is 0.214. The maximum absolute atomic E-state index is 12.2. The number of nitro groups is 1. The smallest absolute Gasteiger partial charge is 0.356 e. The van der Waals surface area contributed by atoms with Crippen LogP contribution in [0.25, 0.3) is 0 Å². The van der Waals surface area contributed by atoms with Gasteiger partial charge in [-0.2, -0.15) is 0 Å². The Bertz CT molecular complexity index is 791. The van der Waals surface area contributed by atoms with Gasteiger partial charge in [-0.05, 0) is 17.7 Å². The van der Waals surface area contributed by atoms with Gasteiger partial charge in [0.05, 0.1) is 9.96 Å². The van der Waals surface area contributed by atoms with Crippen LogP contribution in [-0.4, -0.2) is 38.6 Å². The molecule has 1 atom stereocenters. The van der Waals surface area contributed by atoms with E-state index >= 15 is 0 Å². The second kappa shape index (κ2) is 6.25. The second-order valence-electron chi connectivity index (χ2n) is 4.96. The molecule has 1 amide bonds. The Kier molecular flexibility index (Phi) is 4.29. The highest BCUT2D eigenvalue weighted by atomic mass is 35.5. The SMILES string of the molecule is O=C(OCc1ccc([N+](=O)[O-])cc1)C1=C(Cl)CSC2C(=O)C(=O)N12. The van der Waals surface area contributed by atoms with Crippen molar-refractivity contribution in [3.05, 3.63) is 50.7 Å². The molecule has 0 aromatic heterocycles. The minimum absolute atomic E-state index is 0.0762. The molecule has 2 heterocycles. The van der Waals surface area contributed by atoms with E-state index < -0.39 is 28.0 Å². The van der Waals surface area contributed by atoms with Crippen LogP contribution in [0, 0.1) is 10.1 Å². The van der Waals surface area contributed by atoms with Crippen molar-refractivity contribution < 1.29 is 24.0 Å². The predicted octanol–water partition coefficient (Wildman–Crippen LogP) is 1.57. The highest BCUT2D eigenvalue weighted by molar-refractivity contribution is 8.01. The van der Waals surface area contributed by atoms with Crippen molar-refractivity contribution in [1.82, 2.24) is 4.90 Å². The molecule has 1 aromatic carbocycles. The topological polar surface area (TPSA) is 107 Å². The van der Waals surface area contributed by atoms with Gasteiger partial charge in [0.2, 0.25) is 0 Å². The average molecular weight is 369 g/mol. The second-order valence-corrected chi connectivity index (χ2v) is 6.48. The number of nitro benzene ring substituents is 1. The van der Waals surface area contributed by atoms with Gasteiger partial charge in [-0.25, -0.2) is 4.79 Å². The Morgan fingerprint density at radius 1 is 1.38 bits per heavy atom. The summed E-state index contributed by atoms with van der Waals surface area (Å²) in [4.78, 5) is 46.4. The number of benzene rings is 1. The summed E-state index contributed by atoms with van der Waals surface area (Å²) >= 11 is 7.17. The largest absolute Gasteiger partial charge is 0.456 e. The van der Waals surface area contributed by atoms with Crippen molar-refractivity contribution in [1.29, 1.82) is 0 Å². The van der Waals surface area contributed by atoms with E-state index in [1.807, 2.05) is 0 Å². The van der Waals surface area contributed by atoms with Gasteiger partial charge in [-0.1, -0.05) is 11.6 Å². The molecule has 2 aliphatic heterocycles.